The van der Waals surface area contributed by atoms with Crippen LogP contribution < -0.4 is 5.73 Å². The number of hydrogen-bond donors (Lipinski definition) is 1. The Morgan fingerprint density at radius 1 is 1.29 bits per heavy atom. The van der Waals surface area contributed by atoms with E-state index in [2.05, 4.69) is 0 Å². The normalized spacial score (nSPS) is 13.2. The average Bonchev–Trinajstić information content (AvgIpc) is 2.15. The first kappa shape index (κ1) is 13.6. The summed E-state index contributed by atoms with van der Waals surface area (Å²) < 4.78 is 37.7. The molecular formula is C13H16F3N. The maximum atomic E-state index is 12.6. The molecule has 0 radical (unpaired) electrons. The van der Waals surface area contributed by atoms with Crippen molar-refractivity contribution in [3.63, 3.8) is 0 Å². The molecule has 0 aromatic heterocycles. The Balaban J connectivity index is 3.25. The number of nitrogens with two attached hydrogens (primary N) is 1. The summed E-state index contributed by atoms with van der Waals surface area (Å²) in [4.78, 5) is 0. The van der Waals surface area contributed by atoms with Crippen molar-refractivity contribution in [1.82, 2.24) is 0 Å². The molecule has 0 saturated heterocycles. The highest BCUT2D eigenvalue weighted by Gasteiger charge is 2.30. The van der Waals surface area contributed by atoms with Crippen LogP contribution in [0.25, 0.3) is 5.57 Å². The average molecular weight is 243 g/mol. The molecule has 0 saturated carbocycles. The van der Waals surface area contributed by atoms with E-state index in [1.54, 1.807) is 6.92 Å². The van der Waals surface area contributed by atoms with Crippen molar-refractivity contribution in [2.75, 3.05) is 5.73 Å². The molecular weight excluding hydrogens is 227 g/mol. The Hall–Kier alpha value is -1.45. The monoisotopic (exact) mass is 243 g/mol. The van der Waals surface area contributed by atoms with Crippen LogP contribution in [0.4, 0.5) is 18.9 Å². The first-order valence-corrected chi connectivity index (χ1v) is 5.37. The summed E-state index contributed by atoms with van der Waals surface area (Å²) in [6.45, 7) is 5.70. The van der Waals surface area contributed by atoms with Gasteiger partial charge in [-0.25, -0.2) is 0 Å². The van der Waals surface area contributed by atoms with E-state index in [1.807, 2.05) is 19.9 Å². The Kier molecular flexibility index (Phi) is 3.86. The second kappa shape index (κ2) is 4.82. The van der Waals surface area contributed by atoms with Crippen molar-refractivity contribution < 1.29 is 13.2 Å². The van der Waals surface area contributed by atoms with Crippen LogP contribution in [0.5, 0.6) is 0 Å². The molecule has 1 rings (SSSR count). The van der Waals surface area contributed by atoms with Crippen LogP contribution in [-0.4, -0.2) is 0 Å². The molecule has 94 valence electrons. The van der Waals surface area contributed by atoms with Crippen molar-refractivity contribution in [3.8, 4) is 0 Å². The third-order valence-corrected chi connectivity index (χ3v) is 2.39. The molecule has 0 bridgehead atoms. The third kappa shape index (κ3) is 3.51. The number of allylic oxidation sites excluding steroid dienone is 2. The van der Waals surface area contributed by atoms with Crippen molar-refractivity contribution in [1.29, 1.82) is 0 Å². The highest BCUT2D eigenvalue weighted by molar-refractivity contribution is 5.74. The zero-order chi connectivity index (χ0) is 13.2. The molecule has 0 unspecified atom stereocenters. The molecule has 0 fully saturated rings. The number of benzene rings is 1. The van der Waals surface area contributed by atoms with E-state index in [1.165, 1.54) is 6.07 Å². The first-order valence-electron chi connectivity index (χ1n) is 5.37. The molecule has 1 nitrogen and oxygen atoms in total. The molecule has 0 aliphatic rings. The fraction of sp³-hybridized carbons (Fsp3) is 0.385. The predicted octanol–water partition coefficient (Wildman–Crippen LogP) is 4.35. The van der Waals surface area contributed by atoms with E-state index in [4.69, 9.17) is 5.73 Å². The summed E-state index contributed by atoms with van der Waals surface area (Å²) in [5, 5.41) is 0. The summed E-state index contributed by atoms with van der Waals surface area (Å²) in [5.41, 5.74) is 6.62. The number of nitrogen functional groups attached to an aromatic ring is 1. The standard InChI is InChI=1S/C13H16F3N/c1-8(2)6-9(3)11-7-10(13(14,15)16)4-5-12(11)17/h4-8H,17H2,1-3H3. The van der Waals surface area contributed by atoms with Gasteiger partial charge in [0.05, 0.1) is 5.56 Å². The van der Waals surface area contributed by atoms with Crippen molar-refractivity contribution in [2.24, 2.45) is 5.92 Å². The minimum atomic E-state index is -4.33. The van der Waals surface area contributed by atoms with E-state index in [0.29, 0.717) is 11.3 Å². The topological polar surface area (TPSA) is 26.0 Å². The molecule has 0 aliphatic heterocycles. The summed E-state index contributed by atoms with van der Waals surface area (Å²) >= 11 is 0. The quantitative estimate of drug-likeness (QED) is 0.768. The fourth-order valence-electron chi connectivity index (χ4n) is 1.66. The highest BCUT2D eigenvalue weighted by atomic mass is 19.4. The SMILES string of the molecule is CC(=CC(C)C)c1cc(C(F)(F)F)ccc1N. The minimum Gasteiger partial charge on any atom is -0.398 e. The number of hydrogen-bond acceptors (Lipinski definition) is 1. The van der Waals surface area contributed by atoms with Crippen molar-refractivity contribution >= 4 is 11.3 Å². The lowest BCUT2D eigenvalue weighted by Gasteiger charge is -2.12. The van der Waals surface area contributed by atoms with Crippen LogP contribution in [0.1, 0.15) is 31.9 Å². The predicted molar refractivity (Wildman–Crippen MR) is 64.3 cm³/mol. The molecule has 0 atom stereocenters. The van der Waals surface area contributed by atoms with Crippen LogP contribution in [0.15, 0.2) is 24.3 Å². The number of halogens is 3. The molecule has 2 N–H and O–H groups in total. The van der Waals surface area contributed by atoms with Gasteiger partial charge in [-0.15, -0.1) is 0 Å². The fourth-order valence-corrected chi connectivity index (χ4v) is 1.66. The van der Waals surface area contributed by atoms with E-state index < -0.39 is 11.7 Å². The molecule has 17 heavy (non-hydrogen) atoms. The van der Waals surface area contributed by atoms with Crippen LogP contribution >= 0.6 is 0 Å². The lowest BCUT2D eigenvalue weighted by atomic mass is 9.99. The lowest BCUT2D eigenvalue weighted by Crippen LogP contribution is -2.06. The van der Waals surface area contributed by atoms with Gasteiger partial charge in [0.25, 0.3) is 0 Å². The van der Waals surface area contributed by atoms with E-state index in [0.717, 1.165) is 17.7 Å². The summed E-state index contributed by atoms with van der Waals surface area (Å²) in [6, 6.07) is 3.40. The van der Waals surface area contributed by atoms with E-state index >= 15 is 0 Å². The molecule has 4 heteroatoms. The smallest absolute Gasteiger partial charge is 0.398 e. The highest BCUT2D eigenvalue weighted by Crippen LogP contribution is 2.33. The third-order valence-electron chi connectivity index (χ3n) is 2.39. The molecule has 0 aliphatic carbocycles. The van der Waals surface area contributed by atoms with E-state index in [9.17, 15) is 13.2 Å². The Bertz CT molecular complexity index is 431. The van der Waals surface area contributed by atoms with Gasteiger partial charge >= 0.3 is 6.18 Å². The molecule has 1 aromatic carbocycles. The van der Waals surface area contributed by atoms with Gasteiger partial charge in [-0.1, -0.05) is 19.9 Å². The molecule has 0 amide bonds. The first-order chi connectivity index (χ1) is 7.71. The van der Waals surface area contributed by atoms with Crippen LogP contribution in [0.2, 0.25) is 0 Å². The molecule has 0 heterocycles. The van der Waals surface area contributed by atoms with Crippen molar-refractivity contribution in [3.05, 3.63) is 35.4 Å². The van der Waals surface area contributed by atoms with Gasteiger partial charge in [0, 0.05) is 11.3 Å². The second-order valence-corrected chi connectivity index (χ2v) is 4.39. The summed E-state index contributed by atoms with van der Waals surface area (Å²) in [7, 11) is 0. The van der Waals surface area contributed by atoms with Crippen LogP contribution in [0.3, 0.4) is 0 Å². The summed E-state index contributed by atoms with van der Waals surface area (Å²) in [6.07, 6.45) is -2.44. The van der Waals surface area contributed by atoms with Crippen LogP contribution in [0, 0.1) is 5.92 Å². The lowest BCUT2D eigenvalue weighted by molar-refractivity contribution is -0.137. The maximum absolute atomic E-state index is 12.6. The molecule has 1 aromatic rings. The van der Waals surface area contributed by atoms with Gasteiger partial charge in [-0.2, -0.15) is 13.2 Å². The zero-order valence-corrected chi connectivity index (χ0v) is 10.1. The maximum Gasteiger partial charge on any atom is 0.416 e. The van der Waals surface area contributed by atoms with E-state index in [-0.39, 0.29) is 5.92 Å². The molecule has 0 spiro atoms. The Labute approximate surface area is 99.1 Å². The van der Waals surface area contributed by atoms with Gasteiger partial charge in [0.15, 0.2) is 0 Å². The minimum absolute atomic E-state index is 0.268. The van der Waals surface area contributed by atoms with Crippen LogP contribution in [-0.2, 0) is 6.18 Å². The summed E-state index contributed by atoms with van der Waals surface area (Å²) in [5.74, 6) is 0.268. The van der Waals surface area contributed by atoms with Gasteiger partial charge in [-0.3, -0.25) is 0 Å². The Morgan fingerprint density at radius 3 is 2.35 bits per heavy atom. The Morgan fingerprint density at radius 2 is 1.88 bits per heavy atom. The number of anilines is 1. The van der Waals surface area contributed by atoms with Gasteiger partial charge in [-0.05, 0) is 36.6 Å². The largest absolute Gasteiger partial charge is 0.416 e. The number of alkyl halides is 3. The van der Waals surface area contributed by atoms with Gasteiger partial charge < -0.3 is 5.73 Å². The number of rotatable bonds is 2. The van der Waals surface area contributed by atoms with Crippen molar-refractivity contribution in [2.45, 2.75) is 26.9 Å². The second-order valence-electron chi connectivity index (χ2n) is 4.39. The van der Waals surface area contributed by atoms with Gasteiger partial charge in [0.1, 0.15) is 0 Å². The van der Waals surface area contributed by atoms with Gasteiger partial charge in [0.2, 0.25) is 0 Å². The zero-order valence-electron chi connectivity index (χ0n) is 10.1.